The number of aromatic nitrogens is 2. The molecule has 4 rings (SSSR count). The number of H-pyrrole nitrogens is 1. The van der Waals surface area contributed by atoms with Crippen LogP contribution in [0.15, 0.2) is 69.9 Å². The van der Waals surface area contributed by atoms with Crippen molar-refractivity contribution in [2.24, 2.45) is 0 Å². The Morgan fingerprint density at radius 1 is 1.07 bits per heavy atom. The first-order valence-electron chi connectivity index (χ1n) is 9.47. The summed E-state index contributed by atoms with van der Waals surface area (Å²) in [6, 6.07) is 18.7. The quantitative estimate of drug-likeness (QED) is 0.536. The second-order valence-electron chi connectivity index (χ2n) is 7.17. The Labute approximate surface area is 167 Å². The molecule has 0 aliphatic carbocycles. The molecular formula is C23H21N3O3. The van der Waals surface area contributed by atoms with Crippen molar-refractivity contribution in [1.29, 1.82) is 0 Å². The molecule has 1 amide bonds. The van der Waals surface area contributed by atoms with Gasteiger partial charge >= 0.3 is 0 Å². The molecule has 2 aromatic carbocycles. The Morgan fingerprint density at radius 2 is 1.86 bits per heavy atom. The zero-order valence-corrected chi connectivity index (χ0v) is 16.2. The van der Waals surface area contributed by atoms with Crippen LogP contribution in [0, 0.1) is 0 Å². The smallest absolute Gasteiger partial charge is 0.287 e. The van der Waals surface area contributed by atoms with Gasteiger partial charge in [-0.15, -0.1) is 0 Å². The minimum absolute atomic E-state index is 0.176. The first-order chi connectivity index (χ1) is 14.0. The summed E-state index contributed by atoms with van der Waals surface area (Å²) in [4.78, 5) is 24.4. The van der Waals surface area contributed by atoms with Gasteiger partial charge in [-0.3, -0.25) is 9.59 Å². The third-order valence-corrected chi connectivity index (χ3v) is 4.86. The Kier molecular flexibility index (Phi) is 4.99. The highest BCUT2D eigenvalue weighted by molar-refractivity contribution is 5.92. The third-order valence-electron chi connectivity index (χ3n) is 4.86. The molecule has 0 aliphatic heterocycles. The summed E-state index contributed by atoms with van der Waals surface area (Å²) in [6.07, 6.45) is 0. The van der Waals surface area contributed by atoms with Gasteiger partial charge in [0, 0.05) is 10.9 Å². The largest absolute Gasteiger partial charge is 0.451 e. The fourth-order valence-electron chi connectivity index (χ4n) is 3.22. The van der Waals surface area contributed by atoms with E-state index in [0.29, 0.717) is 28.1 Å². The van der Waals surface area contributed by atoms with E-state index in [9.17, 15) is 9.59 Å². The number of hydrogen-bond donors (Lipinski definition) is 2. The molecule has 0 saturated carbocycles. The lowest BCUT2D eigenvalue weighted by Gasteiger charge is -2.07. The second kappa shape index (κ2) is 7.75. The van der Waals surface area contributed by atoms with Gasteiger partial charge in [0.2, 0.25) is 0 Å². The normalized spacial score (nSPS) is 11.1. The predicted octanol–water partition coefficient (Wildman–Crippen LogP) is 4.24. The van der Waals surface area contributed by atoms with Gasteiger partial charge in [-0.25, -0.2) is 5.10 Å². The number of furan rings is 1. The Morgan fingerprint density at radius 3 is 2.66 bits per heavy atom. The average Bonchev–Trinajstić information content (AvgIpc) is 3.24. The number of nitrogens with one attached hydrogen (secondary N) is 2. The summed E-state index contributed by atoms with van der Waals surface area (Å²) in [6.45, 7) is 4.44. The topological polar surface area (TPSA) is 88.0 Å². The zero-order chi connectivity index (χ0) is 20.4. The van der Waals surface area contributed by atoms with Crippen LogP contribution in [-0.2, 0) is 6.54 Å². The lowest BCUT2D eigenvalue weighted by atomic mass is 10.0. The number of rotatable bonds is 5. The van der Waals surface area contributed by atoms with E-state index in [4.69, 9.17) is 4.42 Å². The first kappa shape index (κ1) is 18.7. The minimum Gasteiger partial charge on any atom is -0.451 e. The van der Waals surface area contributed by atoms with E-state index in [0.717, 1.165) is 5.56 Å². The van der Waals surface area contributed by atoms with E-state index in [-0.39, 0.29) is 23.8 Å². The minimum atomic E-state index is -0.339. The molecule has 0 bridgehead atoms. The maximum absolute atomic E-state index is 12.5. The van der Waals surface area contributed by atoms with Gasteiger partial charge in [-0.2, -0.15) is 5.10 Å². The van der Waals surface area contributed by atoms with Crippen molar-refractivity contribution >= 4 is 16.7 Å². The van der Waals surface area contributed by atoms with Crippen molar-refractivity contribution in [1.82, 2.24) is 15.5 Å². The van der Waals surface area contributed by atoms with E-state index in [1.807, 2.05) is 24.3 Å². The van der Waals surface area contributed by atoms with Crippen molar-refractivity contribution in [3.63, 3.8) is 0 Å². The zero-order valence-electron chi connectivity index (χ0n) is 16.2. The van der Waals surface area contributed by atoms with Crippen LogP contribution >= 0.6 is 0 Å². The second-order valence-corrected chi connectivity index (χ2v) is 7.17. The van der Waals surface area contributed by atoms with Gasteiger partial charge in [0.1, 0.15) is 5.76 Å². The lowest BCUT2D eigenvalue weighted by Crippen LogP contribution is -2.24. The number of carbonyl (C=O) groups is 1. The van der Waals surface area contributed by atoms with E-state index in [1.54, 1.807) is 24.3 Å². The van der Waals surface area contributed by atoms with Gasteiger partial charge in [-0.05, 0) is 35.7 Å². The lowest BCUT2D eigenvalue weighted by molar-refractivity contribution is 0.0923. The average molecular weight is 387 g/mol. The molecule has 0 atom stereocenters. The Bertz CT molecular complexity index is 1240. The van der Waals surface area contributed by atoms with Crippen molar-refractivity contribution in [3.8, 4) is 11.3 Å². The van der Waals surface area contributed by atoms with Crippen LogP contribution in [0.4, 0.5) is 0 Å². The molecular weight excluding hydrogens is 366 g/mol. The van der Waals surface area contributed by atoms with Crippen LogP contribution in [0.5, 0.6) is 0 Å². The fraction of sp³-hybridized carbons (Fsp3) is 0.174. The maximum atomic E-state index is 12.5. The molecule has 0 spiro atoms. The fourth-order valence-corrected chi connectivity index (χ4v) is 3.22. The molecule has 6 heteroatoms. The van der Waals surface area contributed by atoms with Crippen LogP contribution < -0.4 is 10.9 Å². The number of fused-ring (bicyclic) bond motifs is 1. The Hall–Kier alpha value is -3.67. The van der Waals surface area contributed by atoms with Crippen LogP contribution in [0.1, 0.15) is 41.6 Å². The van der Waals surface area contributed by atoms with Crippen molar-refractivity contribution in [2.75, 3.05) is 0 Å². The molecule has 4 aromatic rings. The van der Waals surface area contributed by atoms with Gasteiger partial charge in [0.15, 0.2) is 5.76 Å². The molecule has 2 aromatic heterocycles. The number of amides is 1. The van der Waals surface area contributed by atoms with Crippen molar-refractivity contribution in [2.45, 2.75) is 26.3 Å². The molecule has 0 saturated heterocycles. The predicted molar refractivity (Wildman–Crippen MR) is 112 cm³/mol. The molecule has 2 N–H and O–H groups in total. The van der Waals surface area contributed by atoms with Gasteiger partial charge in [0.25, 0.3) is 11.5 Å². The summed E-state index contributed by atoms with van der Waals surface area (Å²) in [7, 11) is 0. The van der Waals surface area contributed by atoms with Gasteiger partial charge in [-0.1, -0.05) is 50.2 Å². The van der Waals surface area contributed by atoms with E-state index in [1.165, 1.54) is 5.56 Å². The SMILES string of the molecule is CC(C)c1cccc(-c2ccc(C(=O)NCc3n[nH]c(=O)c4ccccc34)o2)c1. The third kappa shape index (κ3) is 3.82. The highest BCUT2D eigenvalue weighted by Crippen LogP contribution is 2.26. The summed E-state index contributed by atoms with van der Waals surface area (Å²) in [5.41, 5.74) is 2.48. The van der Waals surface area contributed by atoms with Gasteiger partial charge in [0.05, 0.1) is 17.6 Å². The summed E-state index contributed by atoms with van der Waals surface area (Å²) < 4.78 is 5.77. The van der Waals surface area contributed by atoms with E-state index < -0.39 is 0 Å². The monoisotopic (exact) mass is 387 g/mol. The van der Waals surface area contributed by atoms with Crippen LogP contribution in [0.2, 0.25) is 0 Å². The van der Waals surface area contributed by atoms with E-state index >= 15 is 0 Å². The van der Waals surface area contributed by atoms with Crippen molar-refractivity contribution in [3.05, 3.63) is 88.0 Å². The number of aromatic amines is 1. The first-order valence-corrected chi connectivity index (χ1v) is 9.47. The number of benzene rings is 2. The number of nitrogens with zero attached hydrogens (tertiary/aromatic N) is 1. The molecule has 29 heavy (non-hydrogen) atoms. The standard InChI is InChI=1S/C23H21N3O3/c1-14(2)15-6-5-7-16(12-15)20-10-11-21(29-20)23(28)24-13-19-17-8-3-4-9-18(17)22(27)26-25-19/h3-12,14H,13H2,1-2H3,(H,24,28)(H,26,27). The van der Waals surface area contributed by atoms with Crippen LogP contribution in [-0.4, -0.2) is 16.1 Å². The summed E-state index contributed by atoms with van der Waals surface area (Å²) in [5.74, 6) is 0.939. The highest BCUT2D eigenvalue weighted by Gasteiger charge is 2.14. The molecule has 0 fully saturated rings. The number of carbonyl (C=O) groups excluding carboxylic acids is 1. The molecule has 0 radical (unpaired) electrons. The highest BCUT2D eigenvalue weighted by atomic mass is 16.3. The van der Waals surface area contributed by atoms with Gasteiger partial charge < -0.3 is 9.73 Å². The molecule has 0 unspecified atom stereocenters. The molecule has 6 nitrogen and oxygen atoms in total. The summed E-state index contributed by atoms with van der Waals surface area (Å²) >= 11 is 0. The number of hydrogen-bond acceptors (Lipinski definition) is 4. The molecule has 2 heterocycles. The van der Waals surface area contributed by atoms with E-state index in [2.05, 4.69) is 41.5 Å². The Balaban J connectivity index is 1.52. The molecule has 146 valence electrons. The summed E-state index contributed by atoms with van der Waals surface area (Å²) in [5, 5.41) is 10.6. The molecule has 0 aliphatic rings. The van der Waals surface area contributed by atoms with Crippen LogP contribution in [0.3, 0.4) is 0 Å². The van der Waals surface area contributed by atoms with Crippen molar-refractivity contribution < 1.29 is 9.21 Å². The maximum Gasteiger partial charge on any atom is 0.287 e. The van der Waals surface area contributed by atoms with Crippen LogP contribution in [0.25, 0.3) is 22.1 Å².